The Kier molecular flexibility index (Phi) is 4.47. The van der Waals surface area contributed by atoms with Gasteiger partial charge in [-0.25, -0.2) is 4.98 Å². The Morgan fingerprint density at radius 2 is 2.20 bits per heavy atom. The van der Waals surface area contributed by atoms with Gasteiger partial charge in [0.2, 0.25) is 0 Å². The van der Waals surface area contributed by atoms with Crippen LogP contribution in [0.4, 0.5) is 5.69 Å². The third-order valence-corrected chi connectivity index (χ3v) is 3.29. The number of aromatic amines is 1. The van der Waals surface area contributed by atoms with Gasteiger partial charge in [-0.05, 0) is 12.5 Å². The number of H-pyrrole nitrogens is 1. The van der Waals surface area contributed by atoms with E-state index in [0.717, 1.165) is 18.7 Å². The van der Waals surface area contributed by atoms with E-state index in [0.29, 0.717) is 17.8 Å². The molecule has 0 radical (unpaired) electrons. The summed E-state index contributed by atoms with van der Waals surface area (Å²) in [7, 11) is 0. The van der Waals surface area contributed by atoms with E-state index in [1.807, 2.05) is 0 Å². The number of benzene rings is 1. The molecule has 0 saturated carbocycles. The van der Waals surface area contributed by atoms with Crippen molar-refractivity contribution in [2.75, 3.05) is 6.54 Å². The molecule has 3 N–H and O–H groups in total. The van der Waals surface area contributed by atoms with Crippen LogP contribution in [0.3, 0.4) is 0 Å². The molecular formula is C14H18N4O2. The van der Waals surface area contributed by atoms with Crippen molar-refractivity contribution in [2.45, 2.75) is 25.7 Å². The molecule has 0 spiro atoms. The van der Waals surface area contributed by atoms with Crippen molar-refractivity contribution in [1.82, 2.24) is 9.97 Å². The first kappa shape index (κ1) is 14.2. The Labute approximate surface area is 117 Å². The number of imidazole rings is 1. The van der Waals surface area contributed by atoms with Crippen molar-refractivity contribution in [2.24, 2.45) is 5.73 Å². The number of para-hydroxylation sites is 1. The molecule has 1 unspecified atom stereocenters. The summed E-state index contributed by atoms with van der Waals surface area (Å²) in [5, 5.41) is 11.0. The topological polar surface area (TPSA) is 97.8 Å². The highest BCUT2D eigenvalue weighted by Crippen LogP contribution is 2.29. The van der Waals surface area contributed by atoms with Gasteiger partial charge < -0.3 is 10.7 Å². The van der Waals surface area contributed by atoms with E-state index in [2.05, 4.69) is 16.9 Å². The Hall–Kier alpha value is -2.21. The summed E-state index contributed by atoms with van der Waals surface area (Å²) in [6, 6.07) is 6.63. The lowest BCUT2D eigenvalue weighted by molar-refractivity contribution is -0.384. The van der Waals surface area contributed by atoms with Crippen LogP contribution in [0, 0.1) is 10.1 Å². The largest absolute Gasteiger partial charge is 0.342 e. The van der Waals surface area contributed by atoms with Crippen molar-refractivity contribution in [1.29, 1.82) is 0 Å². The van der Waals surface area contributed by atoms with Crippen molar-refractivity contribution in [3.05, 3.63) is 46.4 Å². The fraction of sp³-hybridized carbons (Fsp3) is 0.357. The third kappa shape index (κ3) is 2.85. The number of nitro benzene ring substituents is 1. The highest BCUT2D eigenvalue weighted by Gasteiger charge is 2.18. The van der Waals surface area contributed by atoms with Crippen LogP contribution in [0.15, 0.2) is 30.5 Å². The van der Waals surface area contributed by atoms with E-state index in [1.54, 1.807) is 24.4 Å². The van der Waals surface area contributed by atoms with Crippen LogP contribution < -0.4 is 5.73 Å². The molecule has 0 amide bonds. The molecule has 2 aromatic rings. The lowest BCUT2D eigenvalue weighted by Gasteiger charge is -2.09. The Bertz CT molecular complexity index is 594. The predicted molar refractivity (Wildman–Crippen MR) is 77.4 cm³/mol. The van der Waals surface area contributed by atoms with E-state index in [4.69, 9.17) is 5.73 Å². The predicted octanol–water partition coefficient (Wildman–Crippen LogP) is 2.83. The summed E-state index contributed by atoms with van der Waals surface area (Å²) in [4.78, 5) is 18.1. The molecule has 0 aliphatic rings. The van der Waals surface area contributed by atoms with E-state index in [9.17, 15) is 10.1 Å². The smallest absolute Gasteiger partial charge is 0.278 e. The second kappa shape index (κ2) is 6.29. The van der Waals surface area contributed by atoms with E-state index in [-0.39, 0.29) is 16.5 Å². The zero-order valence-electron chi connectivity index (χ0n) is 11.4. The van der Waals surface area contributed by atoms with Crippen LogP contribution in [0.25, 0.3) is 11.3 Å². The average Bonchev–Trinajstić information content (AvgIpc) is 2.94. The number of nitrogens with zero attached hydrogens (tertiary/aromatic N) is 2. The number of nitrogens with two attached hydrogens (primary N) is 1. The molecule has 2 rings (SSSR count). The summed E-state index contributed by atoms with van der Waals surface area (Å²) >= 11 is 0. The van der Waals surface area contributed by atoms with Gasteiger partial charge in [0.1, 0.15) is 5.82 Å². The molecule has 20 heavy (non-hydrogen) atoms. The first-order valence-electron chi connectivity index (χ1n) is 6.66. The maximum Gasteiger partial charge on any atom is 0.278 e. The summed E-state index contributed by atoms with van der Waals surface area (Å²) in [5.41, 5.74) is 7.02. The van der Waals surface area contributed by atoms with Crippen molar-refractivity contribution < 1.29 is 4.92 Å². The first-order valence-corrected chi connectivity index (χ1v) is 6.66. The van der Waals surface area contributed by atoms with Crippen LogP contribution in [0.1, 0.15) is 31.5 Å². The summed E-state index contributed by atoms with van der Waals surface area (Å²) in [6.07, 6.45) is 3.60. The fourth-order valence-electron chi connectivity index (χ4n) is 2.26. The van der Waals surface area contributed by atoms with E-state index < -0.39 is 0 Å². The molecular weight excluding hydrogens is 256 g/mol. The van der Waals surface area contributed by atoms with Crippen molar-refractivity contribution in [3.8, 4) is 11.3 Å². The van der Waals surface area contributed by atoms with E-state index >= 15 is 0 Å². The monoisotopic (exact) mass is 274 g/mol. The van der Waals surface area contributed by atoms with Gasteiger partial charge in [0.25, 0.3) is 5.69 Å². The minimum Gasteiger partial charge on any atom is -0.342 e. The van der Waals surface area contributed by atoms with Crippen LogP contribution in [-0.4, -0.2) is 21.4 Å². The number of hydrogen-bond acceptors (Lipinski definition) is 4. The Balaban J connectivity index is 2.36. The van der Waals surface area contributed by atoms with Gasteiger partial charge in [-0.1, -0.05) is 25.5 Å². The summed E-state index contributed by atoms with van der Waals surface area (Å²) in [5.74, 6) is 0.957. The second-order valence-corrected chi connectivity index (χ2v) is 4.68. The summed E-state index contributed by atoms with van der Waals surface area (Å²) < 4.78 is 0. The molecule has 0 fully saturated rings. The van der Waals surface area contributed by atoms with Gasteiger partial charge in [0, 0.05) is 18.5 Å². The fourth-order valence-corrected chi connectivity index (χ4v) is 2.26. The zero-order valence-corrected chi connectivity index (χ0v) is 11.4. The molecule has 0 aliphatic carbocycles. The SMILES string of the molecule is CCCC(CN)c1ncc(-c2ccccc2[N+](=O)[O-])[nH]1. The molecule has 0 aliphatic heterocycles. The normalized spacial score (nSPS) is 12.3. The highest BCUT2D eigenvalue weighted by molar-refractivity contribution is 5.70. The molecule has 1 heterocycles. The minimum absolute atomic E-state index is 0.0717. The lowest BCUT2D eigenvalue weighted by atomic mass is 10.0. The van der Waals surface area contributed by atoms with Gasteiger partial charge >= 0.3 is 0 Å². The average molecular weight is 274 g/mol. The molecule has 0 saturated heterocycles. The molecule has 6 heteroatoms. The third-order valence-electron chi connectivity index (χ3n) is 3.29. The summed E-state index contributed by atoms with van der Waals surface area (Å²) in [6.45, 7) is 2.60. The quantitative estimate of drug-likeness (QED) is 0.625. The molecule has 1 aromatic carbocycles. The van der Waals surface area contributed by atoms with Gasteiger partial charge in [-0.3, -0.25) is 10.1 Å². The van der Waals surface area contributed by atoms with Gasteiger partial charge in [-0.2, -0.15) is 0 Å². The Morgan fingerprint density at radius 3 is 2.85 bits per heavy atom. The molecule has 1 aromatic heterocycles. The number of aromatic nitrogens is 2. The van der Waals surface area contributed by atoms with Gasteiger partial charge in [0.05, 0.1) is 22.4 Å². The first-order chi connectivity index (χ1) is 9.67. The molecule has 0 bridgehead atoms. The van der Waals surface area contributed by atoms with Crippen LogP contribution in [0.5, 0.6) is 0 Å². The molecule has 1 atom stereocenters. The number of hydrogen-bond donors (Lipinski definition) is 2. The molecule has 106 valence electrons. The lowest BCUT2D eigenvalue weighted by Crippen LogP contribution is -2.13. The number of rotatable bonds is 6. The molecule has 6 nitrogen and oxygen atoms in total. The maximum atomic E-state index is 11.0. The van der Waals surface area contributed by atoms with Crippen LogP contribution in [0.2, 0.25) is 0 Å². The zero-order chi connectivity index (χ0) is 14.5. The number of nitro groups is 1. The number of nitrogens with one attached hydrogen (secondary N) is 1. The standard InChI is InChI=1S/C14H18N4O2/c1-2-5-10(8-15)14-16-9-12(17-14)11-6-3-4-7-13(11)18(19)20/h3-4,6-7,9-10H,2,5,8,15H2,1H3,(H,16,17). The second-order valence-electron chi connectivity index (χ2n) is 4.68. The van der Waals surface area contributed by atoms with Crippen molar-refractivity contribution >= 4 is 5.69 Å². The van der Waals surface area contributed by atoms with E-state index in [1.165, 1.54) is 6.07 Å². The van der Waals surface area contributed by atoms with Crippen molar-refractivity contribution in [3.63, 3.8) is 0 Å². The minimum atomic E-state index is -0.387. The van der Waals surface area contributed by atoms with Gasteiger partial charge in [0.15, 0.2) is 0 Å². The van der Waals surface area contributed by atoms with Gasteiger partial charge in [-0.15, -0.1) is 0 Å². The van der Waals surface area contributed by atoms with Crippen LogP contribution >= 0.6 is 0 Å². The Morgan fingerprint density at radius 1 is 1.45 bits per heavy atom. The highest BCUT2D eigenvalue weighted by atomic mass is 16.6. The maximum absolute atomic E-state index is 11.0. The van der Waals surface area contributed by atoms with Crippen LogP contribution in [-0.2, 0) is 0 Å².